The van der Waals surface area contributed by atoms with Crippen molar-refractivity contribution in [1.82, 2.24) is 19.9 Å². The van der Waals surface area contributed by atoms with Gasteiger partial charge in [-0.1, -0.05) is 6.07 Å². The van der Waals surface area contributed by atoms with Crippen LogP contribution in [0.15, 0.2) is 42.9 Å². The number of hydrogen-bond acceptors (Lipinski definition) is 5. The summed E-state index contributed by atoms with van der Waals surface area (Å²) in [5.74, 6) is -0.450. The summed E-state index contributed by atoms with van der Waals surface area (Å²) >= 11 is 0. The number of aromatic nitrogens is 3. The van der Waals surface area contributed by atoms with Gasteiger partial charge in [0.05, 0.1) is 16.9 Å². The smallest absolute Gasteiger partial charge is 0.252 e. The van der Waals surface area contributed by atoms with Crippen LogP contribution in [0, 0.1) is 0 Å². The van der Waals surface area contributed by atoms with E-state index in [9.17, 15) is 4.79 Å². The molecule has 2 aliphatic heterocycles. The van der Waals surface area contributed by atoms with Gasteiger partial charge >= 0.3 is 0 Å². The van der Waals surface area contributed by atoms with Gasteiger partial charge in [-0.05, 0) is 43.9 Å². The molecule has 0 unspecified atom stereocenters. The third-order valence-electron chi connectivity index (χ3n) is 6.16. The lowest BCUT2D eigenvalue weighted by atomic mass is 9.96. The fraction of sp³-hybridized carbons (Fsp3) is 0.381. The Hall–Kier alpha value is -2.93. The Morgan fingerprint density at radius 2 is 2.04 bits per heavy atom. The first-order chi connectivity index (χ1) is 13.7. The summed E-state index contributed by atoms with van der Waals surface area (Å²) in [7, 11) is 0. The van der Waals surface area contributed by atoms with Crippen molar-refractivity contribution in [1.29, 1.82) is 0 Å². The van der Waals surface area contributed by atoms with Gasteiger partial charge in [0.2, 0.25) is 0 Å². The summed E-state index contributed by atoms with van der Waals surface area (Å²) in [5, 5.41) is 4.56. The minimum atomic E-state index is -0.450. The largest absolute Gasteiger partial charge is 0.381 e. The number of nitrogens with two attached hydrogens (primary N) is 1. The molecule has 0 aromatic carbocycles. The van der Waals surface area contributed by atoms with Crippen LogP contribution in [0.4, 0.5) is 5.69 Å². The molecule has 5 heterocycles. The Morgan fingerprint density at radius 1 is 1.21 bits per heavy atom. The predicted molar refractivity (Wildman–Crippen MR) is 108 cm³/mol. The molecule has 1 amide bonds. The van der Waals surface area contributed by atoms with E-state index in [1.165, 1.54) is 12.8 Å². The molecule has 0 radical (unpaired) electrons. The first-order valence-corrected chi connectivity index (χ1v) is 9.87. The molecule has 144 valence electrons. The van der Waals surface area contributed by atoms with E-state index in [1.807, 2.05) is 24.5 Å². The second-order valence-corrected chi connectivity index (χ2v) is 7.84. The first-order valence-electron chi connectivity index (χ1n) is 9.87. The quantitative estimate of drug-likeness (QED) is 0.636. The molecule has 28 heavy (non-hydrogen) atoms. The highest BCUT2D eigenvalue weighted by Gasteiger charge is 2.41. The number of anilines is 1. The minimum Gasteiger partial charge on any atom is -0.381 e. The summed E-state index contributed by atoms with van der Waals surface area (Å²) in [6.45, 7) is 0.909. The van der Waals surface area contributed by atoms with Crippen LogP contribution < -0.4 is 11.1 Å². The second kappa shape index (κ2) is 6.91. The molecule has 3 atom stereocenters. The number of pyridine rings is 2. The van der Waals surface area contributed by atoms with Crippen LogP contribution in [-0.2, 0) is 6.54 Å². The molecule has 2 aliphatic rings. The fourth-order valence-electron chi connectivity index (χ4n) is 4.88. The van der Waals surface area contributed by atoms with Crippen molar-refractivity contribution in [3.8, 4) is 0 Å². The van der Waals surface area contributed by atoms with Gasteiger partial charge in [0.25, 0.3) is 5.91 Å². The Kier molecular flexibility index (Phi) is 4.24. The summed E-state index contributed by atoms with van der Waals surface area (Å²) in [6.07, 6.45) is 9.80. The van der Waals surface area contributed by atoms with E-state index < -0.39 is 5.91 Å². The van der Waals surface area contributed by atoms with Crippen molar-refractivity contribution < 1.29 is 4.79 Å². The number of fused-ring (bicyclic) bond motifs is 3. The summed E-state index contributed by atoms with van der Waals surface area (Å²) < 4.78 is 0. The van der Waals surface area contributed by atoms with E-state index in [0.717, 1.165) is 41.8 Å². The maximum atomic E-state index is 11.9. The highest BCUT2D eigenvalue weighted by atomic mass is 16.1. The molecule has 4 N–H and O–H groups in total. The Morgan fingerprint density at radius 3 is 2.75 bits per heavy atom. The molecule has 0 saturated carbocycles. The van der Waals surface area contributed by atoms with Crippen LogP contribution in [0.3, 0.4) is 0 Å². The van der Waals surface area contributed by atoms with Gasteiger partial charge in [-0.25, -0.2) is 4.98 Å². The number of piperidine rings is 1. The summed E-state index contributed by atoms with van der Waals surface area (Å²) in [6, 6.07) is 9.45. The number of H-pyrrole nitrogens is 1. The zero-order valence-electron chi connectivity index (χ0n) is 15.6. The standard InChI is InChI=1S/C21H24N6O/c22-20(28)18-11-25-21-17(6-8-24-21)19(18)26-14-9-15-4-5-16(10-14)27(15)12-13-3-1-2-7-23-13/h1-3,6-8,11,14-16H,4-5,9-10,12H2,(H2,22,28)(H2,24,25,26)/t14-,15-,16+. The highest BCUT2D eigenvalue weighted by Crippen LogP contribution is 2.38. The van der Waals surface area contributed by atoms with E-state index in [0.29, 0.717) is 23.7 Å². The van der Waals surface area contributed by atoms with Crippen LogP contribution in [0.2, 0.25) is 0 Å². The number of primary amides is 1. The molecule has 0 spiro atoms. The van der Waals surface area contributed by atoms with Crippen LogP contribution in [-0.4, -0.2) is 43.9 Å². The van der Waals surface area contributed by atoms with Crippen molar-refractivity contribution in [2.75, 3.05) is 5.32 Å². The molecule has 5 rings (SSSR count). The average Bonchev–Trinajstić information content (AvgIpc) is 3.25. The molecule has 0 aliphatic carbocycles. The molecule has 2 fully saturated rings. The van der Waals surface area contributed by atoms with Crippen molar-refractivity contribution in [3.63, 3.8) is 0 Å². The normalized spacial score (nSPS) is 24.5. The predicted octanol–water partition coefficient (Wildman–Crippen LogP) is 2.66. The maximum Gasteiger partial charge on any atom is 0.252 e. The molecular weight excluding hydrogens is 352 g/mol. The van der Waals surface area contributed by atoms with Crippen LogP contribution in [0.1, 0.15) is 41.7 Å². The Labute approximate surface area is 163 Å². The number of nitrogens with one attached hydrogen (secondary N) is 2. The lowest BCUT2D eigenvalue weighted by Gasteiger charge is -2.39. The monoisotopic (exact) mass is 376 g/mol. The van der Waals surface area contributed by atoms with Crippen molar-refractivity contribution in [3.05, 3.63) is 54.1 Å². The number of aromatic amines is 1. The van der Waals surface area contributed by atoms with Gasteiger partial charge in [0.1, 0.15) is 5.65 Å². The molecule has 7 nitrogen and oxygen atoms in total. The number of carbonyl (C=O) groups is 1. The number of carbonyl (C=O) groups excluding carboxylic acids is 1. The zero-order valence-corrected chi connectivity index (χ0v) is 15.6. The lowest BCUT2D eigenvalue weighted by Crippen LogP contribution is -2.46. The Bertz CT molecular complexity index is 987. The molecule has 3 aromatic heterocycles. The van der Waals surface area contributed by atoms with Gasteiger partial charge < -0.3 is 16.0 Å². The van der Waals surface area contributed by atoms with E-state index in [2.05, 4.69) is 37.3 Å². The molecular formula is C21H24N6O. The van der Waals surface area contributed by atoms with E-state index in [-0.39, 0.29) is 0 Å². The van der Waals surface area contributed by atoms with Gasteiger partial charge in [-0.15, -0.1) is 0 Å². The van der Waals surface area contributed by atoms with Crippen molar-refractivity contribution >= 4 is 22.6 Å². The van der Waals surface area contributed by atoms with E-state index >= 15 is 0 Å². The molecule has 2 bridgehead atoms. The van der Waals surface area contributed by atoms with Crippen LogP contribution in [0.25, 0.3) is 11.0 Å². The number of hydrogen-bond donors (Lipinski definition) is 3. The van der Waals surface area contributed by atoms with Crippen molar-refractivity contribution in [2.45, 2.75) is 50.4 Å². The molecule has 2 saturated heterocycles. The number of nitrogens with zero attached hydrogens (tertiary/aromatic N) is 3. The maximum absolute atomic E-state index is 11.9. The summed E-state index contributed by atoms with van der Waals surface area (Å²) in [5.41, 5.74) is 8.77. The summed E-state index contributed by atoms with van der Waals surface area (Å²) in [4.78, 5) is 26.5. The highest BCUT2D eigenvalue weighted by molar-refractivity contribution is 6.05. The third-order valence-corrected chi connectivity index (χ3v) is 6.16. The number of rotatable bonds is 5. The van der Waals surface area contributed by atoms with Crippen molar-refractivity contribution in [2.24, 2.45) is 5.73 Å². The number of amides is 1. The first kappa shape index (κ1) is 17.2. The van der Waals surface area contributed by atoms with E-state index in [4.69, 9.17) is 5.73 Å². The SMILES string of the molecule is NC(=O)c1cnc2[nH]ccc2c1N[C@@H]1C[C@H]2CC[C@@H](C1)N2Cc1ccccn1. The van der Waals surface area contributed by atoms with Gasteiger partial charge in [-0.2, -0.15) is 0 Å². The van der Waals surface area contributed by atoms with Gasteiger partial charge in [0.15, 0.2) is 0 Å². The zero-order chi connectivity index (χ0) is 19.1. The molecule has 3 aromatic rings. The minimum absolute atomic E-state index is 0.316. The van der Waals surface area contributed by atoms with Gasteiger partial charge in [0, 0.05) is 48.6 Å². The van der Waals surface area contributed by atoms with E-state index in [1.54, 1.807) is 6.20 Å². The van der Waals surface area contributed by atoms with Crippen LogP contribution in [0.5, 0.6) is 0 Å². The fourth-order valence-corrected chi connectivity index (χ4v) is 4.88. The topological polar surface area (TPSA) is 99.9 Å². The van der Waals surface area contributed by atoms with Gasteiger partial charge in [-0.3, -0.25) is 14.7 Å². The van der Waals surface area contributed by atoms with Crippen LogP contribution >= 0.6 is 0 Å². The Balaban J connectivity index is 1.36. The second-order valence-electron chi connectivity index (χ2n) is 7.84. The third kappa shape index (κ3) is 3.01. The molecule has 7 heteroatoms. The average molecular weight is 376 g/mol. The lowest BCUT2D eigenvalue weighted by molar-refractivity contribution is 0.100.